The summed E-state index contributed by atoms with van der Waals surface area (Å²) in [6.45, 7) is 14.6. The van der Waals surface area contributed by atoms with Gasteiger partial charge in [0.15, 0.2) is 11.0 Å². The molecule has 3 aromatic rings. The Bertz CT molecular complexity index is 1220. The van der Waals surface area contributed by atoms with Crippen LogP contribution in [0.15, 0.2) is 36.4 Å². The van der Waals surface area contributed by atoms with E-state index in [9.17, 15) is 0 Å². The van der Waals surface area contributed by atoms with E-state index in [0.717, 1.165) is 24.7 Å². The van der Waals surface area contributed by atoms with Crippen LogP contribution < -0.4 is 4.57 Å². The molecule has 0 saturated heterocycles. The second-order valence-corrected chi connectivity index (χ2v) is 11.5. The Morgan fingerprint density at radius 3 is 2.16 bits per heavy atom. The molecule has 2 unspecified atom stereocenters. The van der Waals surface area contributed by atoms with Gasteiger partial charge in [-0.3, -0.25) is 0 Å². The van der Waals surface area contributed by atoms with Gasteiger partial charge in [0, 0.05) is 5.41 Å². The number of rotatable bonds is 3. The van der Waals surface area contributed by atoms with E-state index in [1.165, 1.54) is 53.7 Å². The van der Waals surface area contributed by atoms with Crippen LogP contribution in [-0.2, 0) is 11.0 Å². The zero-order valence-electron chi connectivity index (χ0n) is 20.8. The van der Waals surface area contributed by atoms with Gasteiger partial charge in [0.2, 0.25) is 0 Å². The molecule has 2 heterocycles. The minimum Gasteiger partial charge on any atom is -0.221 e. The number of imidazole rings is 1. The Labute approximate surface area is 193 Å². The summed E-state index contributed by atoms with van der Waals surface area (Å²) in [6, 6.07) is 15.0. The molecule has 0 amide bonds. The molecule has 0 radical (unpaired) electrons. The molecule has 1 aliphatic heterocycles. The Morgan fingerprint density at radius 2 is 1.56 bits per heavy atom. The van der Waals surface area contributed by atoms with Gasteiger partial charge in [-0.25, -0.2) is 9.13 Å². The van der Waals surface area contributed by atoms with Crippen LogP contribution in [0.4, 0.5) is 0 Å². The second-order valence-electron chi connectivity index (χ2n) is 11.5. The van der Waals surface area contributed by atoms with Crippen molar-refractivity contribution in [3.8, 4) is 11.4 Å². The van der Waals surface area contributed by atoms with E-state index in [0.29, 0.717) is 6.04 Å². The summed E-state index contributed by atoms with van der Waals surface area (Å²) in [7, 11) is 0. The van der Waals surface area contributed by atoms with Gasteiger partial charge in [-0.05, 0) is 106 Å². The number of fused-ring (bicyclic) bond motifs is 7. The van der Waals surface area contributed by atoms with Crippen LogP contribution in [0.25, 0.3) is 22.4 Å². The van der Waals surface area contributed by atoms with Gasteiger partial charge in [0.1, 0.15) is 5.54 Å². The summed E-state index contributed by atoms with van der Waals surface area (Å²) >= 11 is 0. The summed E-state index contributed by atoms with van der Waals surface area (Å²) in [6.07, 6.45) is 7.83. The van der Waals surface area contributed by atoms with Crippen LogP contribution in [0, 0.1) is 0 Å². The zero-order valence-corrected chi connectivity index (χ0v) is 20.8. The van der Waals surface area contributed by atoms with E-state index in [4.69, 9.17) is 0 Å². The van der Waals surface area contributed by atoms with E-state index in [-0.39, 0.29) is 11.0 Å². The quantitative estimate of drug-likeness (QED) is 0.378. The normalized spacial score (nSPS) is 30.5. The van der Waals surface area contributed by atoms with Crippen LogP contribution in [0.1, 0.15) is 115 Å². The average molecular weight is 428 g/mol. The van der Waals surface area contributed by atoms with Gasteiger partial charge >= 0.3 is 0 Å². The van der Waals surface area contributed by atoms with Crippen molar-refractivity contribution < 1.29 is 4.57 Å². The third-order valence-electron chi connectivity index (χ3n) is 10.1. The molecule has 4 aliphatic rings. The molecule has 2 bridgehead atoms. The topological polar surface area (TPSA) is 8.81 Å². The molecule has 2 aromatic carbocycles. The first-order valence-electron chi connectivity index (χ1n) is 13.1. The van der Waals surface area contributed by atoms with E-state index in [2.05, 4.69) is 87.1 Å². The Balaban J connectivity index is 1.80. The highest BCUT2D eigenvalue weighted by Gasteiger charge is 2.56. The SMILES string of the molecule is CCC1(C)c2ccccc2-c2n(c3cc4c(cc3[n+]2C(C)C)C2CCC4CC2)C1(C)CC. The van der Waals surface area contributed by atoms with E-state index in [1.807, 2.05) is 0 Å². The van der Waals surface area contributed by atoms with Crippen molar-refractivity contribution in [2.24, 2.45) is 0 Å². The molecule has 1 aromatic heterocycles. The first kappa shape index (κ1) is 20.5. The summed E-state index contributed by atoms with van der Waals surface area (Å²) in [5, 5.41) is 0. The molecule has 1 saturated carbocycles. The smallest absolute Gasteiger partial charge is 0.221 e. The van der Waals surface area contributed by atoms with E-state index >= 15 is 0 Å². The number of nitrogens with zero attached hydrogens (tertiary/aromatic N) is 2. The van der Waals surface area contributed by atoms with Crippen molar-refractivity contribution in [1.29, 1.82) is 0 Å². The van der Waals surface area contributed by atoms with Crippen LogP contribution in [-0.4, -0.2) is 4.57 Å². The fourth-order valence-corrected chi connectivity index (χ4v) is 7.83. The fraction of sp³-hybridized carbons (Fsp3) is 0.567. The number of aromatic nitrogens is 2. The Kier molecular flexibility index (Phi) is 4.30. The van der Waals surface area contributed by atoms with Crippen LogP contribution in [0.3, 0.4) is 0 Å². The summed E-state index contributed by atoms with van der Waals surface area (Å²) in [5.74, 6) is 2.98. The zero-order chi connectivity index (χ0) is 22.4. The maximum absolute atomic E-state index is 2.79. The van der Waals surface area contributed by atoms with Crippen molar-refractivity contribution in [2.75, 3.05) is 0 Å². The third-order valence-corrected chi connectivity index (χ3v) is 10.1. The largest absolute Gasteiger partial charge is 0.290 e. The lowest BCUT2D eigenvalue weighted by Crippen LogP contribution is -2.53. The molecule has 32 heavy (non-hydrogen) atoms. The molecule has 7 rings (SSSR count). The van der Waals surface area contributed by atoms with Gasteiger partial charge in [-0.15, -0.1) is 0 Å². The summed E-state index contributed by atoms with van der Waals surface area (Å²) < 4.78 is 5.45. The number of hydrogen-bond donors (Lipinski definition) is 0. The van der Waals surface area contributed by atoms with Gasteiger partial charge in [-0.2, -0.15) is 0 Å². The highest BCUT2D eigenvalue weighted by molar-refractivity contribution is 5.81. The summed E-state index contributed by atoms with van der Waals surface area (Å²) in [5.41, 5.74) is 9.37. The standard InChI is InChI=1S/C30H39N2/c1-7-29(5)25-12-10-9-11-22(25)28-31(19(3)4)26-17-23-20-13-15-21(16-14-20)24(23)18-27(26)32(28)30(29,6)8-2/h9-12,17-21H,7-8,13-16H2,1-6H3/q+1. The van der Waals surface area contributed by atoms with Gasteiger partial charge < -0.3 is 0 Å². The molecule has 2 heteroatoms. The predicted molar refractivity (Wildman–Crippen MR) is 133 cm³/mol. The molecule has 2 nitrogen and oxygen atoms in total. The lowest BCUT2D eigenvalue weighted by atomic mass is 9.61. The molecule has 0 N–H and O–H groups in total. The number of benzene rings is 2. The molecule has 1 fully saturated rings. The average Bonchev–Trinajstić information content (AvgIpc) is 3.17. The Morgan fingerprint density at radius 1 is 0.938 bits per heavy atom. The molecule has 168 valence electrons. The highest BCUT2D eigenvalue weighted by atomic mass is 15.2. The van der Waals surface area contributed by atoms with Gasteiger partial charge in [-0.1, -0.05) is 39.0 Å². The van der Waals surface area contributed by atoms with Crippen LogP contribution in [0.5, 0.6) is 0 Å². The van der Waals surface area contributed by atoms with Crippen LogP contribution in [0.2, 0.25) is 0 Å². The first-order chi connectivity index (χ1) is 15.4. The molecular weight excluding hydrogens is 388 g/mol. The van der Waals surface area contributed by atoms with Crippen molar-refractivity contribution >= 4 is 11.0 Å². The maximum atomic E-state index is 2.79. The lowest BCUT2D eigenvalue weighted by Gasteiger charge is -2.48. The van der Waals surface area contributed by atoms with Crippen LogP contribution >= 0.6 is 0 Å². The van der Waals surface area contributed by atoms with Gasteiger partial charge in [0.05, 0.1) is 11.6 Å². The third kappa shape index (κ3) is 2.29. The highest BCUT2D eigenvalue weighted by Crippen LogP contribution is 2.56. The van der Waals surface area contributed by atoms with E-state index < -0.39 is 0 Å². The van der Waals surface area contributed by atoms with E-state index in [1.54, 1.807) is 11.1 Å². The maximum Gasteiger partial charge on any atom is 0.290 e. The molecule has 3 aliphatic carbocycles. The second kappa shape index (κ2) is 6.72. The van der Waals surface area contributed by atoms with Crippen molar-refractivity contribution in [3.63, 3.8) is 0 Å². The van der Waals surface area contributed by atoms with Crippen molar-refractivity contribution in [3.05, 3.63) is 53.1 Å². The van der Waals surface area contributed by atoms with Crippen molar-refractivity contribution in [2.45, 2.75) is 109 Å². The number of hydrogen-bond acceptors (Lipinski definition) is 0. The van der Waals surface area contributed by atoms with Crippen molar-refractivity contribution in [1.82, 2.24) is 4.57 Å². The minimum absolute atomic E-state index is 0.0335. The molecule has 0 spiro atoms. The Hall–Kier alpha value is -2.09. The fourth-order valence-electron chi connectivity index (χ4n) is 7.83. The molecular formula is C30H39N2+. The monoisotopic (exact) mass is 427 g/mol. The summed E-state index contributed by atoms with van der Waals surface area (Å²) in [4.78, 5) is 0. The van der Waals surface area contributed by atoms with Gasteiger partial charge in [0.25, 0.3) is 5.82 Å². The molecule has 2 atom stereocenters. The first-order valence-corrected chi connectivity index (χ1v) is 13.1. The minimum atomic E-state index is 0.0335. The lowest BCUT2D eigenvalue weighted by molar-refractivity contribution is -0.681. The predicted octanol–water partition coefficient (Wildman–Crippen LogP) is 7.74.